The quantitative estimate of drug-likeness (QED) is 0.141. The molecule has 0 aliphatic heterocycles. The molecule has 11 heteroatoms. The lowest BCUT2D eigenvalue weighted by molar-refractivity contribution is 1.02. The van der Waals surface area contributed by atoms with Gasteiger partial charge in [-0.3, -0.25) is 4.57 Å². The van der Waals surface area contributed by atoms with E-state index in [0.717, 1.165) is 64.8 Å². The summed E-state index contributed by atoms with van der Waals surface area (Å²) in [6.45, 7) is 0. The molecule has 24 aromatic rings. The molecule has 24 rings (SSSR count). The summed E-state index contributed by atoms with van der Waals surface area (Å²) < 4.78 is 12.3. The molecule has 0 aliphatic rings. The maximum atomic E-state index is 6.31. The highest BCUT2D eigenvalue weighted by Crippen LogP contribution is 2.51. The van der Waals surface area contributed by atoms with Crippen molar-refractivity contribution in [3.8, 4) is 28.5 Å². The molecule has 0 radical (unpaired) electrons. The third-order valence-electron chi connectivity index (χ3n) is 20.8. The van der Waals surface area contributed by atoms with Crippen LogP contribution in [-0.4, -0.2) is 29.5 Å². The lowest BCUT2D eigenvalue weighted by atomic mass is 9.99. The molecule has 0 unspecified atom stereocenters. The van der Waals surface area contributed by atoms with Gasteiger partial charge < -0.3 is 4.98 Å². The summed E-state index contributed by atoms with van der Waals surface area (Å²) >= 11 is 13.6. The molecular formula is C92H51ClN6S4. The van der Waals surface area contributed by atoms with Crippen LogP contribution in [0.5, 0.6) is 0 Å². The van der Waals surface area contributed by atoms with Gasteiger partial charge >= 0.3 is 0 Å². The van der Waals surface area contributed by atoms with Crippen molar-refractivity contribution in [2.75, 3.05) is 0 Å². The molecule has 1 N–H and O–H groups in total. The van der Waals surface area contributed by atoms with Crippen molar-refractivity contribution in [2.45, 2.75) is 0 Å². The number of hydrogen-bond acceptors (Lipinski definition) is 8. The van der Waals surface area contributed by atoms with Crippen LogP contribution in [0.3, 0.4) is 0 Å². The number of hydrogen-bond donors (Lipinski definition) is 1. The molecule has 480 valence electrons. The van der Waals surface area contributed by atoms with Crippen LogP contribution in [0.2, 0.25) is 5.28 Å². The summed E-state index contributed by atoms with van der Waals surface area (Å²) in [5.74, 6) is 0.691. The molecule has 0 amide bonds. The number of H-pyrrole nitrogens is 1. The minimum atomic E-state index is 0.282. The van der Waals surface area contributed by atoms with Crippen LogP contribution in [0.1, 0.15) is 0 Å². The van der Waals surface area contributed by atoms with Crippen molar-refractivity contribution < 1.29 is 0 Å². The van der Waals surface area contributed by atoms with Crippen LogP contribution >= 0.6 is 56.9 Å². The predicted molar refractivity (Wildman–Crippen MR) is 447 cm³/mol. The molecule has 0 saturated heterocycles. The Labute approximate surface area is 607 Å². The number of aromatic amines is 1. The Kier molecular flexibility index (Phi) is 13.1. The van der Waals surface area contributed by atoms with E-state index in [-0.39, 0.29) is 5.28 Å². The molecule has 0 fully saturated rings. The second kappa shape index (κ2) is 23.0. The first-order valence-electron chi connectivity index (χ1n) is 34.4. The van der Waals surface area contributed by atoms with E-state index in [0.29, 0.717) is 5.95 Å². The Balaban J connectivity index is 0.000000108. The van der Waals surface area contributed by atoms with Gasteiger partial charge in [-0.2, -0.15) is 0 Å². The smallest absolute Gasteiger partial charge is 0.235 e. The van der Waals surface area contributed by atoms with Crippen molar-refractivity contribution in [3.05, 3.63) is 309 Å². The minimum Gasteiger partial charge on any atom is -0.354 e. The number of para-hydroxylation sites is 2. The van der Waals surface area contributed by atoms with Gasteiger partial charge in [0.25, 0.3) is 0 Å². The number of aromatic nitrogens is 6. The molecule has 0 spiro atoms. The third-order valence-corrected chi connectivity index (χ3v) is 25.7. The Hall–Kier alpha value is -12.0. The van der Waals surface area contributed by atoms with Gasteiger partial charge in [0.05, 0.1) is 48.4 Å². The summed E-state index contributed by atoms with van der Waals surface area (Å²) in [6.07, 6.45) is 0. The highest BCUT2D eigenvalue weighted by Gasteiger charge is 2.26. The fourth-order valence-electron chi connectivity index (χ4n) is 16.3. The summed E-state index contributed by atoms with van der Waals surface area (Å²) in [5.41, 5.74) is 10.7. The van der Waals surface area contributed by atoms with Crippen LogP contribution in [0.15, 0.2) is 303 Å². The monoisotopic (exact) mass is 1400 g/mol. The Morgan fingerprint density at radius 1 is 0.282 bits per heavy atom. The summed E-state index contributed by atoms with van der Waals surface area (Å²) in [6, 6.07) is 109. The average Bonchev–Trinajstić information content (AvgIpc) is 1.54. The van der Waals surface area contributed by atoms with E-state index < -0.39 is 0 Å². The molecule has 0 atom stereocenters. The molecular weight excluding hydrogens is 1350 g/mol. The van der Waals surface area contributed by atoms with E-state index in [1.54, 1.807) is 22.7 Å². The fourth-order valence-corrected chi connectivity index (χ4v) is 21.3. The number of fused-ring (bicyclic) bond motifs is 32. The maximum Gasteiger partial charge on any atom is 0.235 e. The van der Waals surface area contributed by atoms with Crippen molar-refractivity contribution >= 4 is 246 Å². The van der Waals surface area contributed by atoms with Crippen LogP contribution in [-0.2, 0) is 0 Å². The van der Waals surface area contributed by atoms with Crippen molar-refractivity contribution in [1.29, 1.82) is 0 Å². The van der Waals surface area contributed by atoms with Gasteiger partial charge in [0.1, 0.15) is 0 Å². The molecule has 16 aromatic carbocycles. The Morgan fingerprint density at radius 2 is 0.689 bits per heavy atom. The SMILES string of the molecule is Clc1nc(-c2ccc3c(ccc4ccccc43)c2)c2sc3ccccc3c2n1.c1ccc2c(c1)[nH]c1c3ccccc3c3c4ccccc4sc3c21.c1ccc2c(c1)ccc1cc(-c3nc(-n4c5ccccc5c5c6sc7ccccc7c6c6ccccc6c54)nc4c3sc3ccccc34)ccc12. The summed E-state index contributed by atoms with van der Waals surface area (Å²) in [5, 5.41) is 28.1. The van der Waals surface area contributed by atoms with Crippen molar-refractivity contribution in [1.82, 2.24) is 29.5 Å². The van der Waals surface area contributed by atoms with E-state index in [2.05, 4.69) is 311 Å². The number of benzene rings is 16. The average molecular weight is 1400 g/mol. The van der Waals surface area contributed by atoms with Crippen LogP contribution < -0.4 is 0 Å². The normalized spacial score (nSPS) is 12.1. The second-order valence-corrected chi connectivity index (χ2v) is 31.0. The molecule has 6 nitrogen and oxygen atoms in total. The van der Waals surface area contributed by atoms with E-state index >= 15 is 0 Å². The molecule has 103 heavy (non-hydrogen) atoms. The number of nitrogens with one attached hydrogen (secondary N) is 1. The molecule has 8 heterocycles. The van der Waals surface area contributed by atoms with E-state index in [1.807, 2.05) is 34.8 Å². The number of halogens is 1. The van der Waals surface area contributed by atoms with Gasteiger partial charge in [0.2, 0.25) is 11.2 Å². The minimum absolute atomic E-state index is 0.282. The lowest BCUT2D eigenvalue weighted by Crippen LogP contribution is -2.03. The zero-order valence-electron chi connectivity index (χ0n) is 54.6. The van der Waals surface area contributed by atoms with Crippen LogP contribution in [0.25, 0.3) is 218 Å². The zero-order valence-corrected chi connectivity index (χ0v) is 58.6. The summed E-state index contributed by atoms with van der Waals surface area (Å²) in [7, 11) is 0. The largest absolute Gasteiger partial charge is 0.354 e. The molecule has 8 aromatic heterocycles. The van der Waals surface area contributed by atoms with Crippen molar-refractivity contribution in [2.24, 2.45) is 0 Å². The highest BCUT2D eigenvalue weighted by atomic mass is 35.5. The van der Waals surface area contributed by atoms with E-state index in [9.17, 15) is 0 Å². The highest BCUT2D eigenvalue weighted by molar-refractivity contribution is 7.28. The molecule has 0 aliphatic carbocycles. The van der Waals surface area contributed by atoms with Crippen LogP contribution in [0.4, 0.5) is 0 Å². The van der Waals surface area contributed by atoms with Gasteiger partial charge in [0, 0.05) is 109 Å². The Morgan fingerprint density at radius 3 is 1.28 bits per heavy atom. The van der Waals surface area contributed by atoms with Gasteiger partial charge in [0.15, 0.2) is 0 Å². The first kappa shape index (κ1) is 58.8. The molecule has 0 saturated carbocycles. The Bertz CT molecular complexity index is 7740. The molecule has 0 bridgehead atoms. The lowest BCUT2D eigenvalue weighted by Gasteiger charge is -2.12. The fraction of sp³-hybridized carbons (Fsp3) is 0. The summed E-state index contributed by atoms with van der Waals surface area (Å²) in [4.78, 5) is 23.8. The van der Waals surface area contributed by atoms with Gasteiger partial charge in [-0.15, -0.1) is 45.3 Å². The zero-order chi connectivity index (χ0) is 67.5. The first-order valence-corrected chi connectivity index (χ1v) is 38.0. The van der Waals surface area contributed by atoms with Crippen molar-refractivity contribution in [3.63, 3.8) is 0 Å². The number of rotatable bonds is 3. The van der Waals surface area contributed by atoms with E-state index in [4.69, 9.17) is 21.6 Å². The van der Waals surface area contributed by atoms with Gasteiger partial charge in [-0.1, -0.05) is 255 Å². The third kappa shape index (κ3) is 9.02. The standard InChI is InChI=1S/C46H25N3S2.C24H13ClN2S.C22H13NS/c1-2-12-29-26(11-1)21-22-27-25-28(23-24-30(27)29)41-45-42(35-17-7-10-20-38(35)51-45)48-46(47-41)49-36-18-8-5-15-33(36)40-43(49)32-14-4-3-13-31(32)39-34-16-6-9-19-37(34)50-44(39)40;25-24-26-21(23-22(27-24)19-7-3-4-8-20(19)28-23)16-11-12-18-15(13-16)10-9-14-5-1-2-6-17(14)18;1-2-8-14-13(7-1)19-16-10-4-6-12-18(16)24-22(19)20-15-9-3-5-11-17(15)23-21(14)20/h1-25H;1-13H;1-12,23H. The predicted octanol–water partition coefficient (Wildman–Crippen LogP) is 27.7. The van der Waals surface area contributed by atoms with Crippen LogP contribution in [0, 0.1) is 0 Å². The first-order chi connectivity index (χ1) is 51.0. The van der Waals surface area contributed by atoms with E-state index in [1.165, 1.54) is 147 Å². The number of thiophene rings is 4. The maximum absolute atomic E-state index is 6.31. The topological polar surface area (TPSA) is 72.3 Å². The van der Waals surface area contributed by atoms with Gasteiger partial charge in [-0.05, 0) is 114 Å². The van der Waals surface area contributed by atoms with Gasteiger partial charge in [-0.25, -0.2) is 19.9 Å². The number of nitrogens with zero attached hydrogens (tertiary/aromatic N) is 5. The second-order valence-electron chi connectivity index (χ2n) is 26.4.